The molecule has 0 unspecified atom stereocenters. The first kappa shape index (κ1) is 25.4. The van der Waals surface area contributed by atoms with Crippen LogP contribution in [0.25, 0.3) is 0 Å². The molecule has 0 amide bonds. The van der Waals surface area contributed by atoms with Gasteiger partial charge in [0.15, 0.2) is 5.17 Å². The van der Waals surface area contributed by atoms with Gasteiger partial charge in [-0.2, -0.15) is 0 Å². The van der Waals surface area contributed by atoms with Crippen LogP contribution in [0.4, 0.5) is 5.69 Å². The SMILES string of the molecule is COc1ccc(CN(Cc2ccc(OC)cc2)C(=Nc2cccc(C)c2)SCc2ccccc2)cc1. The number of amidine groups is 1. The minimum absolute atomic E-state index is 0.725. The zero-order chi connectivity index (χ0) is 25.2. The van der Waals surface area contributed by atoms with Crippen molar-refractivity contribution in [2.45, 2.75) is 25.8 Å². The van der Waals surface area contributed by atoms with Crippen LogP contribution in [-0.4, -0.2) is 24.3 Å². The first-order valence-electron chi connectivity index (χ1n) is 12.0. The Morgan fingerprint density at radius 1 is 0.694 bits per heavy atom. The van der Waals surface area contributed by atoms with Crippen LogP contribution in [0.5, 0.6) is 11.5 Å². The van der Waals surface area contributed by atoms with Crippen molar-refractivity contribution in [1.82, 2.24) is 4.90 Å². The van der Waals surface area contributed by atoms with Crippen LogP contribution in [0.1, 0.15) is 22.3 Å². The standard InChI is InChI=1S/C31H32N2O2S/c1-24-8-7-11-28(20-24)32-31(36-23-27-9-5-4-6-10-27)33(21-25-12-16-29(34-2)17-13-25)22-26-14-18-30(35-3)19-15-26/h4-20H,21-23H2,1-3H3. The molecule has 0 spiro atoms. The zero-order valence-electron chi connectivity index (χ0n) is 21.1. The monoisotopic (exact) mass is 496 g/mol. The second-order valence-electron chi connectivity index (χ2n) is 8.56. The quantitative estimate of drug-likeness (QED) is 0.176. The van der Waals surface area contributed by atoms with Gasteiger partial charge in [-0.25, -0.2) is 4.99 Å². The van der Waals surface area contributed by atoms with Crippen molar-refractivity contribution >= 4 is 22.6 Å². The number of hydrogen-bond donors (Lipinski definition) is 0. The maximum absolute atomic E-state index is 5.36. The molecule has 0 aliphatic rings. The average molecular weight is 497 g/mol. The molecule has 5 heteroatoms. The lowest BCUT2D eigenvalue weighted by Crippen LogP contribution is -2.28. The Hall–Kier alpha value is -3.70. The maximum Gasteiger partial charge on any atom is 0.165 e. The largest absolute Gasteiger partial charge is 0.497 e. The molecule has 0 radical (unpaired) electrons. The lowest BCUT2D eigenvalue weighted by atomic mass is 10.1. The van der Waals surface area contributed by atoms with Gasteiger partial charge in [-0.1, -0.05) is 78.5 Å². The molecule has 0 N–H and O–H groups in total. The van der Waals surface area contributed by atoms with Gasteiger partial charge in [-0.05, 0) is 65.6 Å². The number of methoxy groups -OCH3 is 2. The van der Waals surface area contributed by atoms with E-state index in [1.165, 1.54) is 22.3 Å². The summed E-state index contributed by atoms with van der Waals surface area (Å²) >= 11 is 1.76. The number of nitrogens with zero attached hydrogens (tertiary/aromatic N) is 2. The highest BCUT2D eigenvalue weighted by molar-refractivity contribution is 8.13. The molecule has 184 valence electrons. The lowest BCUT2D eigenvalue weighted by Gasteiger charge is -2.26. The highest BCUT2D eigenvalue weighted by Crippen LogP contribution is 2.26. The summed E-state index contributed by atoms with van der Waals surface area (Å²) in [4.78, 5) is 7.50. The summed E-state index contributed by atoms with van der Waals surface area (Å²) in [6.07, 6.45) is 0. The molecule has 0 atom stereocenters. The van der Waals surface area contributed by atoms with Crippen molar-refractivity contribution in [3.8, 4) is 11.5 Å². The number of aliphatic imine (C=N–C) groups is 1. The molecule has 0 aliphatic carbocycles. The Morgan fingerprint density at radius 3 is 1.81 bits per heavy atom. The summed E-state index contributed by atoms with van der Waals surface area (Å²) < 4.78 is 10.7. The lowest BCUT2D eigenvalue weighted by molar-refractivity contribution is 0.405. The van der Waals surface area contributed by atoms with Gasteiger partial charge in [0.25, 0.3) is 0 Å². The van der Waals surface area contributed by atoms with Crippen LogP contribution in [0.15, 0.2) is 108 Å². The van der Waals surface area contributed by atoms with Gasteiger partial charge in [0.05, 0.1) is 19.9 Å². The highest BCUT2D eigenvalue weighted by Gasteiger charge is 2.15. The molecule has 0 saturated heterocycles. The topological polar surface area (TPSA) is 34.1 Å². The summed E-state index contributed by atoms with van der Waals surface area (Å²) in [6, 6.07) is 35.4. The van der Waals surface area contributed by atoms with E-state index in [0.717, 1.165) is 41.2 Å². The van der Waals surface area contributed by atoms with E-state index in [9.17, 15) is 0 Å². The molecule has 4 aromatic carbocycles. The first-order chi connectivity index (χ1) is 17.6. The molecular formula is C31H32N2O2S. The number of aryl methyl sites for hydroxylation is 1. The molecule has 0 fully saturated rings. The van der Waals surface area contributed by atoms with Gasteiger partial charge < -0.3 is 14.4 Å². The van der Waals surface area contributed by atoms with Gasteiger partial charge in [-0.15, -0.1) is 0 Å². The van der Waals surface area contributed by atoms with Crippen LogP contribution in [0.2, 0.25) is 0 Å². The normalized spacial score (nSPS) is 11.2. The fraction of sp³-hybridized carbons (Fsp3) is 0.194. The Morgan fingerprint density at radius 2 is 1.28 bits per heavy atom. The Labute approximate surface area is 218 Å². The maximum atomic E-state index is 5.36. The van der Waals surface area contributed by atoms with Gasteiger partial charge >= 0.3 is 0 Å². The Kier molecular flexibility index (Phi) is 9.06. The van der Waals surface area contributed by atoms with Crippen LogP contribution in [0.3, 0.4) is 0 Å². The summed E-state index contributed by atoms with van der Waals surface area (Å²) in [5.41, 5.74) is 5.82. The minimum atomic E-state index is 0.725. The van der Waals surface area contributed by atoms with E-state index < -0.39 is 0 Å². The van der Waals surface area contributed by atoms with E-state index in [4.69, 9.17) is 14.5 Å². The van der Waals surface area contributed by atoms with E-state index >= 15 is 0 Å². The third-order valence-corrected chi connectivity index (χ3v) is 6.86. The Bertz CT molecular complexity index is 1210. The van der Waals surface area contributed by atoms with Gasteiger partial charge in [0, 0.05) is 18.8 Å². The van der Waals surface area contributed by atoms with E-state index in [-0.39, 0.29) is 0 Å². The summed E-state index contributed by atoms with van der Waals surface area (Å²) in [7, 11) is 3.38. The number of hydrogen-bond acceptors (Lipinski definition) is 4. The zero-order valence-corrected chi connectivity index (χ0v) is 21.9. The summed E-state index contributed by atoms with van der Waals surface area (Å²) in [6.45, 7) is 3.55. The van der Waals surface area contributed by atoms with Crippen molar-refractivity contribution in [1.29, 1.82) is 0 Å². The predicted molar refractivity (Wildman–Crippen MR) is 151 cm³/mol. The van der Waals surface area contributed by atoms with Crippen LogP contribution < -0.4 is 9.47 Å². The van der Waals surface area contributed by atoms with Crippen molar-refractivity contribution < 1.29 is 9.47 Å². The van der Waals surface area contributed by atoms with Gasteiger partial charge in [0.1, 0.15) is 11.5 Å². The smallest absolute Gasteiger partial charge is 0.165 e. The van der Waals surface area contributed by atoms with Crippen molar-refractivity contribution in [3.05, 3.63) is 125 Å². The van der Waals surface area contributed by atoms with Crippen molar-refractivity contribution in [2.75, 3.05) is 14.2 Å². The van der Waals surface area contributed by atoms with E-state index in [1.54, 1.807) is 26.0 Å². The molecule has 36 heavy (non-hydrogen) atoms. The molecule has 0 bridgehead atoms. The predicted octanol–water partition coefficient (Wildman–Crippen LogP) is 7.64. The Balaban J connectivity index is 1.68. The number of thioether (sulfide) groups is 1. The third-order valence-electron chi connectivity index (χ3n) is 5.77. The van der Waals surface area contributed by atoms with E-state index in [1.807, 2.05) is 24.3 Å². The van der Waals surface area contributed by atoms with Crippen LogP contribution >= 0.6 is 11.8 Å². The number of benzene rings is 4. The van der Waals surface area contributed by atoms with E-state index in [0.29, 0.717) is 0 Å². The molecule has 4 rings (SSSR count). The van der Waals surface area contributed by atoms with Gasteiger partial charge in [-0.3, -0.25) is 0 Å². The molecule has 0 aromatic heterocycles. The average Bonchev–Trinajstić information content (AvgIpc) is 2.92. The second-order valence-corrected chi connectivity index (χ2v) is 9.50. The number of ether oxygens (including phenoxy) is 2. The van der Waals surface area contributed by atoms with Crippen LogP contribution in [-0.2, 0) is 18.8 Å². The molecule has 4 nitrogen and oxygen atoms in total. The third kappa shape index (κ3) is 7.40. The van der Waals surface area contributed by atoms with E-state index in [2.05, 4.69) is 90.7 Å². The fourth-order valence-corrected chi connectivity index (χ4v) is 4.79. The second kappa shape index (κ2) is 12.8. The van der Waals surface area contributed by atoms with Crippen LogP contribution in [0, 0.1) is 6.92 Å². The first-order valence-corrected chi connectivity index (χ1v) is 12.9. The fourth-order valence-electron chi connectivity index (χ4n) is 3.82. The number of rotatable bonds is 9. The molecular weight excluding hydrogens is 464 g/mol. The molecule has 0 saturated carbocycles. The van der Waals surface area contributed by atoms with Gasteiger partial charge in [0.2, 0.25) is 0 Å². The molecule has 0 aliphatic heterocycles. The molecule has 0 heterocycles. The summed E-state index contributed by atoms with van der Waals surface area (Å²) in [5, 5.41) is 0.982. The minimum Gasteiger partial charge on any atom is -0.497 e. The molecule has 4 aromatic rings. The van der Waals surface area contributed by atoms with Crippen molar-refractivity contribution in [3.63, 3.8) is 0 Å². The summed E-state index contributed by atoms with van der Waals surface area (Å²) in [5.74, 6) is 2.55. The highest BCUT2D eigenvalue weighted by atomic mass is 32.2. The van der Waals surface area contributed by atoms with Crippen molar-refractivity contribution in [2.24, 2.45) is 4.99 Å².